The molecule has 156 valence electrons. The Morgan fingerprint density at radius 3 is 2.17 bits per heavy atom. The first kappa shape index (κ1) is 23.3. The molecule has 0 amide bonds. The summed E-state index contributed by atoms with van der Waals surface area (Å²) in [4.78, 5) is 11.7. The van der Waals surface area contributed by atoms with E-state index < -0.39 is 0 Å². The number of carbonyl (C=O) groups excluding carboxylic acids is 1. The Hall–Kier alpha value is -2.00. The van der Waals surface area contributed by atoms with Crippen molar-refractivity contribution < 1.29 is 9.53 Å². The molecule has 2 aromatic rings. The first-order valence-corrected chi connectivity index (χ1v) is 11.9. The van der Waals surface area contributed by atoms with E-state index in [1.165, 1.54) is 41.7 Å². The number of aldehydes is 1. The Bertz CT molecular complexity index is 741. The lowest BCUT2D eigenvalue weighted by Crippen LogP contribution is -1.99. The van der Waals surface area contributed by atoms with Crippen LogP contribution < -0.4 is 4.74 Å². The highest BCUT2D eigenvalue weighted by atomic mass is 32.2. The number of carbonyl (C=O) groups is 1. The number of hydrogen-bond donors (Lipinski definition) is 0. The van der Waals surface area contributed by atoms with Gasteiger partial charge in [-0.2, -0.15) is 0 Å². The molecule has 0 atom stereocenters. The van der Waals surface area contributed by atoms with E-state index >= 15 is 0 Å². The molecule has 2 aromatic carbocycles. The maximum absolute atomic E-state index is 10.5. The fourth-order valence-electron chi connectivity index (χ4n) is 3.54. The summed E-state index contributed by atoms with van der Waals surface area (Å²) in [5.74, 6) is 1.58. The van der Waals surface area contributed by atoms with E-state index in [2.05, 4.69) is 74.7 Å². The van der Waals surface area contributed by atoms with Crippen molar-refractivity contribution in [2.45, 2.75) is 64.9 Å². The summed E-state index contributed by atoms with van der Waals surface area (Å²) >= 11 is 1.71. The molecule has 0 aliphatic heterocycles. The van der Waals surface area contributed by atoms with Crippen molar-refractivity contribution >= 4 is 23.0 Å². The zero-order valence-corrected chi connectivity index (χ0v) is 18.8. The van der Waals surface area contributed by atoms with Gasteiger partial charge in [-0.25, -0.2) is 0 Å². The maximum atomic E-state index is 10.5. The quantitative estimate of drug-likeness (QED) is 0.251. The second-order valence-corrected chi connectivity index (χ2v) is 8.19. The highest BCUT2D eigenvalue weighted by Crippen LogP contribution is 2.29. The second-order valence-electron chi connectivity index (χ2n) is 7.35. The summed E-state index contributed by atoms with van der Waals surface area (Å²) in [5, 5.41) is 0. The normalized spacial score (nSPS) is 11.7. The van der Waals surface area contributed by atoms with Gasteiger partial charge in [0, 0.05) is 11.3 Å². The first-order chi connectivity index (χ1) is 14.2. The van der Waals surface area contributed by atoms with E-state index in [4.69, 9.17) is 4.74 Å². The van der Waals surface area contributed by atoms with Crippen LogP contribution in [0, 0.1) is 0 Å². The van der Waals surface area contributed by atoms with Crippen LogP contribution >= 0.6 is 11.8 Å². The van der Waals surface area contributed by atoms with Gasteiger partial charge in [-0.05, 0) is 60.3 Å². The lowest BCUT2D eigenvalue weighted by atomic mass is 9.90. The number of rotatable bonds is 13. The fraction of sp³-hybridized carbons (Fsp3) is 0.423. The van der Waals surface area contributed by atoms with Crippen LogP contribution in [0.15, 0.2) is 54.6 Å². The summed E-state index contributed by atoms with van der Waals surface area (Å²) in [5.41, 5.74) is 3.77. The second kappa shape index (κ2) is 13.3. The molecule has 3 heteroatoms. The highest BCUT2D eigenvalue weighted by Gasteiger charge is 2.09. The average molecular weight is 411 g/mol. The molecular formula is C26H34O2S. The summed E-state index contributed by atoms with van der Waals surface area (Å²) in [6.07, 6.45) is 11.5. The summed E-state index contributed by atoms with van der Waals surface area (Å²) in [6.45, 7) is 5.08. The number of unbranched alkanes of at least 4 members (excludes halogenated alkanes) is 1. The van der Waals surface area contributed by atoms with E-state index in [0.717, 1.165) is 24.0 Å². The summed E-state index contributed by atoms with van der Waals surface area (Å²) in [6, 6.07) is 17.1. The SMILES string of the molecule is CCCC(CCC)c1ccc(OCc2ccc(/C(=C/CCC=O)SC)cc2)cc1. The van der Waals surface area contributed by atoms with Crippen LogP contribution in [0.25, 0.3) is 4.91 Å². The lowest BCUT2D eigenvalue weighted by Gasteiger charge is -2.16. The van der Waals surface area contributed by atoms with E-state index in [1.54, 1.807) is 11.8 Å². The van der Waals surface area contributed by atoms with Gasteiger partial charge in [0.15, 0.2) is 0 Å². The molecule has 0 bridgehead atoms. The largest absolute Gasteiger partial charge is 0.489 e. The smallest absolute Gasteiger partial charge is 0.120 e. The van der Waals surface area contributed by atoms with Gasteiger partial charge in [0.1, 0.15) is 18.6 Å². The number of allylic oxidation sites excluding steroid dienone is 1. The van der Waals surface area contributed by atoms with Crippen molar-refractivity contribution in [1.82, 2.24) is 0 Å². The molecule has 0 N–H and O–H groups in total. The van der Waals surface area contributed by atoms with Gasteiger partial charge in [-0.3, -0.25) is 0 Å². The number of ether oxygens (including phenoxy) is 1. The molecule has 0 aromatic heterocycles. The van der Waals surface area contributed by atoms with Crippen LogP contribution in [0.3, 0.4) is 0 Å². The van der Waals surface area contributed by atoms with Crippen LogP contribution in [0.1, 0.15) is 75.0 Å². The Morgan fingerprint density at radius 2 is 1.62 bits per heavy atom. The maximum Gasteiger partial charge on any atom is 0.120 e. The molecule has 0 unspecified atom stereocenters. The topological polar surface area (TPSA) is 26.3 Å². The minimum atomic E-state index is 0.566. The van der Waals surface area contributed by atoms with Crippen LogP contribution in [-0.2, 0) is 11.4 Å². The highest BCUT2D eigenvalue weighted by molar-refractivity contribution is 8.07. The molecule has 0 saturated carbocycles. The van der Waals surface area contributed by atoms with E-state index in [9.17, 15) is 4.79 Å². The summed E-state index contributed by atoms with van der Waals surface area (Å²) in [7, 11) is 0. The van der Waals surface area contributed by atoms with Crippen molar-refractivity contribution in [2.24, 2.45) is 0 Å². The van der Waals surface area contributed by atoms with E-state index in [-0.39, 0.29) is 0 Å². The van der Waals surface area contributed by atoms with Crippen molar-refractivity contribution in [3.63, 3.8) is 0 Å². The van der Waals surface area contributed by atoms with Gasteiger partial charge in [0.2, 0.25) is 0 Å². The molecule has 0 heterocycles. The first-order valence-electron chi connectivity index (χ1n) is 10.7. The Morgan fingerprint density at radius 1 is 0.966 bits per heavy atom. The zero-order valence-electron chi connectivity index (χ0n) is 18.0. The lowest BCUT2D eigenvalue weighted by molar-refractivity contribution is -0.107. The van der Waals surface area contributed by atoms with Crippen molar-refractivity contribution in [3.05, 3.63) is 71.3 Å². The van der Waals surface area contributed by atoms with Crippen molar-refractivity contribution in [3.8, 4) is 5.75 Å². The molecular weight excluding hydrogens is 376 g/mol. The van der Waals surface area contributed by atoms with Gasteiger partial charge in [0.05, 0.1) is 0 Å². The number of benzene rings is 2. The van der Waals surface area contributed by atoms with Gasteiger partial charge < -0.3 is 9.53 Å². The Balaban J connectivity index is 1.94. The molecule has 0 aliphatic rings. The molecule has 0 aliphatic carbocycles. The average Bonchev–Trinajstić information content (AvgIpc) is 2.76. The van der Waals surface area contributed by atoms with Gasteiger partial charge in [0.25, 0.3) is 0 Å². The standard InChI is InChI=1S/C26H34O2S/c1-4-8-22(9-5-2)23-15-17-25(18-16-23)28-20-21-11-13-24(14-12-21)26(29-3)10-6-7-19-27/h10-19,22H,4-9,20H2,1-3H3/b26-10-. The molecule has 0 radical (unpaired) electrons. The molecule has 2 rings (SSSR count). The number of hydrogen-bond acceptors (Lipinski definition) is 3. The predicted molar refractivity (Wildman–Crippen MR) is 127 cm³/mol. The molecule has 29 heavy (non-hydrogen) atoms. The fourth-order valence-corrected chi connectivity index (χ4v) is 4.20. The van der Waals surface area contributed by atoms with Crippen LogP contribution in [0.4, 0.5) is 0 Å². The van der Waals surface area contributed by atoms with E-state index in [0.29, 0.717) is 18.9 Å². The van der Waals surface area contributed by atoms with Crippen molar-refractivity contribution in [2.75, 3.05) is 6.26 Å². The third-order valence-electron chi connectivity index (χ3n) is 5.10. The van der Waals surface area contributed by atoms with Gasteiger partial charge in [-0.15, -0.1) is 11.8 Å². The monoisotopic (exact) mass is 410 g/mol. The molecule has 0 fully saturated rings. The van der Waals surface area contributed by atoms with Crippen LogP contribution in [-0.4, -0.2) is 12.5 Å². The third kappa shape index (κ3) is 7.74. The minimum Gasteiger partial charge on any atom is -0.489 e. The minimum absolute atomic E-state index is 0.566. The molecule has 0 saturated heterocycles. The van der Waals surface area contributed by atoms with Crippen molar-refractivity contribution in [1.29, 1.82) is 0 Å². The van der Waals surface area contributed by atoms with Gasteiger partial charge in [-0.1, -0.05) is 69.2 Å². The van der Waals surface area contributed by atoms with E-state index in [1.807, 2.05) is 0 Å². The predicted octanol–water partition coefficient (Wildman–Crippen LogP) is 7.63. The Labute approximate surface area is 180 Å². The zero-order chi connectivity index (χ0) is 20.9. The molecule has 0 spiro atoms. The Kier molecular flexibility index (Phi) is 10.6. The van der Waals surface area contributed by atoms with Gasteiger partial charge >= 0.3 is 0 Å². The van der Waals surface area contributed by atoms with Crippen LogP contribution in [0.5, 0.6) is 5.75 Å². The number of thioether (sulfide) groups is 1. The summed E-state index contributed by atoms with van der Waals surface area (Å²) < 4.78 is 5.99. The third-order valence-corrected chi connectivity index (χ3v) is 5.95. The van der Waals surface area contributed by atoms with Crippen LogP contribution in [0.2, 0.25) is 0 Å². The molecule has 2 nitrogen and oxygen atoms in total.